The third kappa shape index (κ3) is 3.99. The number of carbonyl (C=O) groups is 1. The first kappa shape index (κ1) is 17.4. The second kappa shape index (κ2) is 6.85. The molecule has 0 aliphatic carbocycles. The Balaban J connectivity index is 1.82. The monoisotopic (exact) mass is 365 g/mol. The smallest absolute Gasteiger partial charge is 0.343 e. The van der Waals surface area contributed by atoms with Crippen molar-refractivity contribution in [3.63, 3.8) is 0 Å². The van der Waals surface area contributed by atoms with Gasteiger partial charge in [-0.25, -0.2) is 17.9 Å². The maximum Gasteiger partial charge on any atom is 0.343 e. The van der Waals surface area contributed by atoms with Crippen molar-refractivity contribution in [3.8, 4) is 11.3 Å². The fraction of sp³-hybridized carbons (Fsp3) is 0.375. The van der Waals surface area contributed by atoms with E-state index in [2.05, 4.69) is 9.88 Å². The predicted molar refractivity (Wildman–Crippen MR) is 92.1 cm³/mol. The maximum atomic E-state index is 11.8. The Hall–Kier alpha value is -2.39. The number of anilines is 1. The fourth-order valence-electron chi connectivity index (χ4n) is 2.99. The number of aromatic carboxylic acids is 1. The lowest BCUT2D eigenvalue weighted by Gasteiger charge is -2.32. The second-order valence-corrected chi connectivity index (χ2v) is 7.81. The Kier molecular flexibility index (Phi) is 4.78. The molecule has 0 bridgehead atoms. The number of hydrogen-bond donors (Lipinski definition) is 2. The molecule has 0 atom stereocenters. The molecule has 1 saturated heterocycles. The molecule has 9 heteroatoms. The number of sulfonamides is 1. The molecule has 2 N–H and O–H groups in total. The summed E-state index contributed by atoms with van der Waals surface area (Å²) in [4.78, 5) is 13.6. The van der Waals surface area contributed by atoms with Gasteiger partial charge in [0.1, 0.15) is 0 Å². The van der Waals surface area contributed by atoms with E-state index < -0.39 is 16.0 Å². The van der Waals surface area contributed by atoms with E-state index in [4.69, 9.17) is 4.52 Å². The third-order valence-electron chi connectivity index (χ3n) is 4.10. The normalized spacial score (nSPS) is 16.1. The van der Waals surface area contributed by atoms with Gasteiger partial charge in [0.2, 0.25) is 10.0 Å². The Labute approximate surface area is 145 Å². The molecule has 8 nitrogen and oxygen atoms in total. The first-order valence-corrected chi connectivity index (χ1v) is 9.75. The second-order valence-electron chi connectivity index (χ2n) is 6.03. The van der Waals surface area contributed by atoms with Gasteiger partial charge in [-0.3, -0.25) is 0 Å². The van der Waals surface area contributed by atoms with Crippen molar-refractivity contribution >= 4 is 21.8 Å². The molecule has 1 fully saturated rings. The van der Waals surface area contributed by atoms with Crippen LogP contribution in [0.2, 0.25) is 0 Å². The Bertz CT molecular complexity index is 855. The van der Waals surface area contributed by atoms with E-state index in [1.165, 1.54) is 0 Å². The van der Waals surface area contributed by atoms with Gasteiger partial charge in [-0.05, 0) is 12.8 Å². The molecule has 0 amide bonds. The van der Waals surface area contributed by atoms with Gasteiger partial charge in [0, 0.05) is 24.7 Å². The summed E-state index contributed by atoms with van der Waals surface area (Å²) in [5, 5.41) is 13.6. The Morgan fingerprint density at radius 1 is 1.28 bits per heavy atom. The topological polar surface area (TPSA) is 113 Å². The lowest BCUT2D eigenvalue weighted by molar-refractivity contribution is 0.0697. The lowest BCUT2D eigenvalue weighted by Crippen LogP contribution is -2.44. The number of aromatic nitrogens is 1. The van der Waals surface area contributed by atoms with Crippen LogP contribution in [-0.2, 0) is 10.0 Å². The van der Waals surface area contributed by atoms with Crippen molar-refractivity contribution in [2.24, 2.45) is 0 Å². The summed E-state index contributed by atoms with van der Waals surface area (Å²) in [5.74, 6) is -0.602. The van der Waals surface area contributed by atoms with Crippen molar-refractivity contribution in [2.75, 3.05) is 24.2 Å². The minimum absolute atomic E-state index is 0.0284. The van der Waals surface area contributed by atoms with E-state index in [-0.39, 0.29) is 23.2 Å². The van der Waals surface area contributed by atoms with Gasteiger partial charge in [-0.1, -0.05) is 35.5 Å². The van der Waals surface area contributed by atoms with Gasteiger partial charge in [0.15, 0.2) is 17.1 Å². The van der Waals surface area contributed by atoms with Crippen LogP contribution in [0, 0.1) is 0 Å². The van der Waals surface area contributed by atoms with Crippen LogP contribution in [0.4, 0.5) is 5.82 Å². The minimum Gasteiger partial charge on any atom is -0.477 e. The zero-order chi connectivity index (χ0) is 18.0. The number of carboxylic acid groups (broad SMARTS) is 1. The van der Waals surface area contributed by atoms with E-state index in [1.807, 2.05) is 11.0 Å². The van der Waals surface area contributed by atoms with Gasteiger partial charge < -0.3 is 14.5 Å². The molecule has 25 heavy (non-hydrogen) atoms. The molecule has 134 valence electrons. The van der Waals surface area contributed by atoms with Crippen LogP contribution in [0.3, 0.4) is 0 Å². The van der Waals surface area contributed by atoms with Crippen LogP contribution in [0.1, 0.15) is 23.2 Å². The maximum absolute atomic E-state index is 11.8. The molecule has 0 saturated carbocycles. The van der Waals surface area contributed by atoms with Crippen molar-refractivity contribution in [1.82, 2.24) is 9.88 Å². The molecule has 1 aliphatic rings. The number of rotatable bonds is 5. The van der Waals surface area contributed by atoms with Crippen molar-refractivity contribution in [1.29, 1.82) is 0 Å². The van der Waals surface area contributed by atoms with Gasteiger partial charge in [0.25, 0.3) is 0 Å². The van der Waals surface area contributed by atoms with E-state index in [0.717, 1.165) is 6.26 Å². The summed E-state index contributed by atoms with van der Waals surface area (Å²) in [6, 6.07) is 8.80. The fourth-order valence-corrected chi connectivity index (χ4v) is 3.83. The zero-order valence-corrected chi connectivity index (χ0v) is 14.5. The predicted octanol–water partition coefficient (Wildman–Crippen LogP) is 1.56. The minimum atomic E-state index is -3.26. The number of benzene rings is 1. The average molecular weight is 365 g/mol. The average Bonchev–Trinajstić information content (AvgIpc) is 3.00. The van der Waals surface area contributed by atoms with Crippen LogP contribution in [0.15, 0.2) is 34.9 Å². The highest BCUT2D eigenvalue weighted by molar-refractivity contribution is 7.88. The van der Waals surface area contributed by atoms with Gasteiger partial charge in [-0.2, -0.15) is 0 Å². The molecule has 1 aromatic heterocycles. The molecule has 0 unspecified atom stereocenters. The molecular formula is C16H19N3O5S. The first-order valence-electron chi connectivity index (χ1n) is 7.86. The zero-order valence-electron chi connectivity index (χ0n) is 13.7. The first-order chi connectivity index (χ1) is 11.8. The highest BCUT2D eigenvalue weighted by Crippen LogP contribution is 2.32. The van der Waals surface area contributed by atoms with Crippen LogP contribution in [0.25, 0.3) is 11.3 Å². The lowest BCUT2D eigenvalue weighted by atomic mass is 10.0. The van der Waals surface area contributed by atoms with E-state index >= 15 is 0 Å². The molecule has 1 aliphatic heterocycles. The van der Waals surface area contributed by atoms with Crippen LogP contribution >= 0.6 is 0 Å². The van der Waals surface area contributed by atoms with Crippen molar-refractivity contribution < 1.29 is 22.8 Å². The van der Waals surface area contributed by atoms with Crippen LogP contribution in [0.5, 0.6) is 0 Å². The Morgan fingerprint density at radius 3 is 2.48 bits per heavy atom. The molecule has 2 aromatic rings. The van der Waals surface area contributed by atoms with Crippen LogP contribution < -0.4 is 9.62 Å². The Morgan fingerprint density at radius 2 is 1.92 bits per heavy atom. The third-order valence-corrected chi connectivity index (χ3v) is 4.86. The van der Waals surface area contributed by atoms with Gasteiger partial charge >= 0.3 is 5.97 Å². The molecule has 0 spiro atoms. The molecular weight excluding hydrogens is 346 g/mol. The summed E-state index contributed by atoms with van der Waals surface area (Å²) in [7, 11) is -3.26. The van der Waals surface area contributed by atoms with Gasteiger partial charge in [0.05, 0.1) is 6.26 Å². The molecule has 0 radical (unpaired) electrons. The quantitative estimate of drug-likeness (QED) is 0.826. The van der Waals surface area contributed by atoms with Gasteiger partial charge in [-0.15, -0.1) is 0 Å². The summed E-state index contributed by atoms with van der Waals surface area (Å²) < 4.78 is 30.6. The van der Waals surface area contributed by atoms with Crippen molar-refractivity contribution in [3.05, 3.63) is 35.9 Å². The molecule has 2 heterocycles. The molecule has 3 rings (SSSR count). The summed E-state index contributed by atoms with van der Waals surface area (Å²) in [6.07, 6.45) is 2.27. The standard InChI is InChI=1S/C16H19N3O5S/c1-25(22,23)18-12-7-9-19(10-8-12)15-13(16(20)21)14(24-17-15)11-5-3-2-4-6-11/h2-6,12,18H,7-10H2,1H3,(H,20,21). The largest absolute Gasteiger partial charge is 0.477 e. The summed E-state index contributed by atoms with van der Waals surface area (Å²) in [5.41, 5.74) is 0.674. The van der Waals surface area contributed by atoms with Crippen LogP contribution in [-0.4, -0.2) is 50.0 Å². The molecule has 1 aromatic carbocycles. The summed E-state index contributed by atoms with van der Waals surface area (Å²) in [6.45, 7) is 0.989. The van der Waals surface area contributed by atoms with E-state index in [1.54, 1.807) is 24.3 Å². The number of hydrogen-bond acceptors (Lipinski definition) is 6. The van der Waals surface area contributed by atoms with E-state index in [0.29, 0.717) is 31.5 Å². The van der Waals surface area contributed by atoms with Crippen molar-refractivity contribution in [2.45, 2.75) is 18.9 Å². The van der Waals surface area contributed by atoms with E-state index in [9.17, 15) is 18.3 Å². The SMILES string of the molecule is CS(=O)(=O)NC1CCN(c2noc(-c3ccccc3)c2C(=O)O)CC1. The highest BCUT2D eigenvalue weighted by atomic mass is 32.2. The number of carboxylic acids is 1. The number of nitrogens with zero attached hydrogens (tertiary/aromatic N) is 2. The summed E-state index contributed by atoms with van der Waals surface area (Å²) >= 11 is 0. The number of piperidine rings is 1. The number of nitrogens with one attached hydrogen (secondary N) is 1. The highest BCUT2D eigenvalue weighted by Gasteiger charge is 2.30.